The van der Waals surface area contributed by atoms with E-state index < -0.39 is 5.97 Å². The van der Waals surface area contributed by atoms with Crippen LogP contribution in [0.15, 0.2) is 0 Å². The van der Waals surface area contributed by atoms with Crippen molar-refractivity contribution in [2.45, 2.75) is 38.1 Å². The summed E-state index contributed by atoms with van der Waals surface area (Å²) >= 11 is 0. The molecule has 1 saturated heterocycles. The highest BCUT2D eigenvalue weighted by molar-refractivity contribution is 5.83. The second-order valence-electron chi connectivity index (χ2n) is 4.61. The van der Waals surface area contributed by atoms with Crippen LogP contribution >= 0.6 is 0 Å². The predicted molar refractivity (Wildman–Crippen MR) is 68.7 cm³/mol. The number of piperidine rings is 1. The van der Waals surface area contributed by atoms with Crippen LogP contribution < -0.4 is 10.6 Å². The van der Waals surface area contributed by atoms with Crippen molar-refractivity contribution in [3.05, 3.63) is 0 Å². The lowest BCUT2D eigenvalue weighted by Crippen LogP contribution is -2.50. The third kappa shape index (κ3) is 5.15. The van der Waals surface area contributed by atoms with E-state index in [1.807, 2.05) is 0 Å². The maximum atomic E-state index is 12.0. The lowest BCUT2D eigenvalue weighted by Gasteiger charge is -2.35. The van der Waals surface area contributed by atoms with Crippen LogP contribution in [0, 0.1) is 0 Å². The van der Waals surface area contributed by atoms with Gasteiger partial charge in [-0.1, -0.05) is 0 Å². The number of urea groups is 1. The molecule has 0 aliphatic carbocycles. The first-order chi connectivity index (χ1) is 9.04. The van der Waals surface area contributed by atoms with Gasteiger partial charge in [-0.2, -0.15) is 0 Å². The zero-order valence-corrected chi connectivity index (χ0v) is 11.1. The van der Waals surface area contributed by atoms with Crippen LogP contribution in [-0.2, 0) is 9.59 Å². The number of rotatable bonds is 5. The van der Waals surface area contributed by atoms with Crippen molar-refractivity contribution in [2.75, 3.05) is 20.1 Å². The normalized spacial score (nSPS) is 18.8. The van der Waals surface area contributed by atoms with Crippen molar-refractivity contribution in [1.29, 1.82) is 0 Å². The van der Waals surface area contributed by atoms with Crippen LogP contribution in [0.5, 0.6) is 0 Å². The molecule has 0 radical (unpaired) electrons. The first-order valence-electron chi connectivity index (χ1n) is 6.51. The smallest absolute Gasteiger partial charge is 0.318 e. The Hall–Kier alpha value is -1.79. The molecule has 0 aromatic rings. The number of hydrogen-bond donors (Lipinski definition) is 3. The summed E-state index contributed by atoms with van der Waals surface area (Å²) in [5.41, 5.74) is 0. The molecule has 0 saturated carbocycles. The van der Waals surface area contributed by atoms with Gasteiger partial charge in [0.05, 0.1) is 6.54 Å². The first kappa shape index (κ1) is 15.3. The van der Waals surface area contributed by atoms with E-state index in [0.717, 1.165) is 19.3 Å². The zero-order chi connectivity index (χ0) is 14.3. The van der Waals surface area contributed by atoms with Crippen molar-refractivity contribution in [3.63, 3.8) is 0 Å². The van der Waals surface area contributed by atoms with Crippen LogP contribution in [0.2, 0.25) is 0 Å². The molecule has 1 aliphatic rings. The molecule has 1 fully saturated rings. The molecule has 1 unspecified atom stereocenters. The predicted octanol–water partition coefficient (Wildman–Crippen LogP) is 0.161. The first-order valence-corrected chi connectivity index (χ1v) is 6.51. The molecular formula is C12H21N3O4. The Labute approximate surface area is 112 Å². The number of hydrogen-bond acceptors (Lipinski definition) is 3. The number of nitrogens with zero attached hydrogens (tertiary/aromatic N) is 1. The third-order valence-corrected chi connectivity index (χ3v) is 3.26. The molecule has 3 N–H and O–H groups in total. The van der Waals surface area contributed by atoms with Gasteiger partial charge < -0.3 is 20.6 Å². The minimum absolute atomic E-state index is 0.0467. The van der Waals surface area contributed by atoms with Gasteiger partial charge in [-0.3, -0.25) is 9.59 Å². The van der Waals surface area contributed by atoms with Crippen LogP contribution in [0.25, 0.3) is 0 Å². The molecule has 3 amide bonds. The monoisotopic (exact) mass is 271 g/mol. The van der Waals surface area contributed by atoms with Crippen molar-refractivity contribution < 1.29 is 19.5 Å². The zero-order valence-electron chi connectivity index (χ0n) is 11.1. The summed E-state index contributed by atoms with van der Waals surface area (Å²) in [4.78, 5) is 35.3. The number of amides is 3. The number of aliphatic carboxylic acids is 1. The lowest BCUT2D eigenvalue weighted by atomic mass is 9.98. The molecule has 1 rings (SSSR count). The van der Waals surface area contributed by atoms with Gasteiger partial charge in [0.25, 0.3) is 0 Å². The number of likely N-dealkylation sites (tertiary alicyclic amines) is 1. The molecule has 1 aliphatic heterocycles. The molecule has 0 spiro atoms. The fourth-order valence-corrected chi connectivity index (χ4v) is 2.20. The average molecular weight is 271 g/mol. The number of carbonyl (C=O) groups excluding carboxylic acids is 2. The van der Waals surface area contributed by atoms with Gasteiger partial charge in [0, 0.05) is 26.1 Å². The number of carboxylic acid groups (broad SMARTS) is 1. The summed E-state index contributed by atoms with van der Waals surface area (Å²) in [5, 5.41) is 13.7. The summed E-state index contributed by atoms with van der Waals surface area (Å²) in [7, 11) is 1.51. The molecule has 1 atom stereocenters. The maximum Gasteiger partial charge on any atom is 0.318 e. The molecule has 0 aromatic heterocycles. The van der Waals surface area contributed by atoms with E-state index in [2.05, 4.69) is 10.6 Å². The molecule has 0 bridgehead atoms. The summed E-state index contributed by atoms with van der Waals surface area (Å²) < 4.78 is 0. The Kier molecular flexibility index (Phi) is 6.11. The molecule has 1 heterocycles. The molecule has 108 valence electrons. The van der Waals surface area contributed by atoms with Gasteiger partial charge >= 0.3 is 12.0 Å². The minimum atomic E-state index is -0.851. The van der Waals surface area contributed by atoms with Crippen molar-refractivity contribution in [3.8, 4) is 0 Å². The van der Waals surface area contributed by atoms with Gasteiger partial charge in [0.15, 0.2) is 0 Å². The second kappa shape index (κ2) is 7.60. The summed E-state index contributed by atoms with van der Waals surface area (Å²) in [6.45, 7) is 0.557. The highest BCUT2D eigenvalue weighted by atomic mass is 16.4. The second-order valence-corrected chi connectivity index (χ2v) is 4.61. The summed E-state index contributed by atoms with van der Waals surface area (Å²) in [6, 6.07) is -0.340. The van der Waals surface area contributed by atoms with Gasteiger partial charge in [-0.05, 0) is 25.7 Å². The average Bonchev–Trinajstić information content (AvgIpc) is 2.42. The van der Waals surface area contributed by atoms with Gasteiger partial charge in [-0.25, -0.2) is 4.79 Å². The topological polar surface area (TPSA) is 98.7 Å². The number of carbonyl (C=O) groups is 3. The number of nitrogens with one attached hydrogen (secondary N) is 2. The number of likely N-dealkylation sites (N-methyl/N-ethyl adjacent to an activating group) is 1. The van der Waals surface area contributed by atoms with E-state index >= 15 is 0 Å². The van der Waals surface area contributed by atoms with Gasteiger partial charge in [0.1, 0.15) is 0 Å². The minimum Gasteiger partial charge on any atom is -0.481 e. The molecule has 19 heavy (non-hydrogen) atoms. The molecule has 7 heteroatoms. The molecule has 0 aromatic carbocycles. The standard InChI is InChI=1S/C12H21N3O4/c1-13-10(16)8-14-12(19)15-7-3-2-4-9(15)5-6-11(17)18/h9H,2-8H2,1H3,(H,13,16)(H,14,19)(H,17,18). The Balaban J connectivity index is 2.48. The Morgan fingerprint density at radius 3 is 2.68 bits per heavy atom. The highest BCUT2D eigenvalue weighted by Crippen LogP contribution is 2.20. The summed E-state index contributed by atoms with van der Waals surface area (Å²) in [6.07, 6.45) is 3.26. The van der Waals surface area contributed by atoms with Crippen LogP contribution in [0.4, 0.5) is 4.79 Å². The van der Waals surface area contributed by atoms with Crippen molar-refractivity contribution in [1.82, 2.24) is 15.5 Å². The fourth-order valence-electron chi connectivity index (χ4n) is 2.20. The Bertz CT molecular complexity index is 346. The van der Waals surface area contributed by atoms with Crippen LogP contribution in [0.3, 0.4) is 0 Å². The van der Waals surface area contributed by atoms with E-state index in [0.29, 0.717) is 13.0 Å². The third-order valence-electron chi connectivity index (χ3n) is 3.26. The largest absolute Gasteiger partial charge is 0.481 e. The maximum absolute atomic E-state index is 12.0. The van der Waals surface area contributed by atoms with Crippen LogP contribution in [0.1, 0.15) is 32.1 Å². The summed E-state index contributed by atoms with van der Waals surface area (Å²) in [5.74, 6) is -1.11. The molecule has 7 nitrogen and oxygen atoms in total. The van der Waals surface area contributed by atoms with E-state index in [4.69, 9.17) is 5.11 Å². The van der Waals surface area contributed by atoms with E-state index in [1.54, 1.807) is 4.90 Å². The lowest BCUT2D eigenvalue weighted by molar-refractivity contribution is -0.137. The number of carboxylic acids is 1. The van der Waals surface area contributed by atoms with Crippen LogP contribution in [-0.4, -0.2) is 54.1 Å². The van der Waals surface area contributed by atoms with E-state index in [9.17, 15) is 14.4 Å². The van der Waals surface area contributed by atoms with Gasteiger partial charge in [0.2, 0.25) is 5.91 Å². The highest BCUT2D eigenvalue weighted by Gasteiger charge is 2.27. The van der Waals surface area contributed by atoms with E-state index in [1.165, 1.54) is 7.05 Å². The van der Waals surface area contributed by atoms with Gasteiger partial charge in [-0.15, -0.1) is 0 Å². The Morgan fingerprint density at radius 2 is 2.05 bits per heavy atom. The Morgan fingerprint density at radius 1 is 1.32 bits per heavy atom. The fraction of sp³-hybridized carbons (Fsp3) is 0.750. The molecular weight excluding hydrogens is 250 g/mol. The quantitative estimate of drug-likeness (QED) is 0.663. The SMILES string of the molecule is CNC(=O)CNC(=O)N1CCCCC1CCC(=O)O. The van der Waals surface area contributed by atoms with Crippen molar-refractivity contribution in [2.24, 2.45) is 0 Å². The van der Waals surface area contributed by atoms with Crippen molar-refractivity contribution >= 4 is 17.9 Å². The van der Waals surface area contributed by atoms with E-state index in [-0.39, 0.29) is 30.9 Å².